The van der Waals surface area contributed by atoms with Crippen LogP contribution in [0.15, 0.2) is 0 Å². The third-order valence-electron chi connectivity index (χ3n) is 7.10. The van der Waals surface area contributed by atoms with Gasteiger partial charge >= 0.3 is 41.5 Å². The van der Waals surface area contributed by atoms with Gasteiger partial charge in [-0.3, -0.25) is 9.59 Å². The number of hydrogen-bond donors (Lipinski definition) is 0. The van der Waals surface area contributed by atoms with Crippen LogP contribution in [0.5, 0.6) is 0 Å². The number of unbranched alkanes of at least 4 members (excludes halogenated alkanes) is 22. The molecule has 0 aromatic heterocycles. The van der Waals surface area contributed by atoms with Crippen LogP contribution in [-0.4, -0.2) is 54.7 Å². The molecule has 4 nitrogen and oxygen atoms in total. The summed E-state index contributed by atoms with van der Waals surface area (Å²) >= 11 is 0. The fourth-order valence-corrected chi connectivity index (χ4v) is 4.65. The number of hydrogen-bond acceptors (Lipinski definition) is 4. The van der Waals surface area contributed by atoms with Crippen LogP contribution >= 0.6 is 0 Å². The second kappa shape index (κ2) is 40.2. The van der Waals surface area contributed by atoms with Crippen molar-refractivity contribution >= 4 is 41.5 Å². The zero-order chi connectivity index (χ0) is 28.4. The van der Waals surface area contributed by atoms with Gasteiger partial charge in [-0.15, -0.1) is 0 Å². The summed E-state index contributed by atoms with van der Waals surface area (Å²) < 4.78 is 9.80. The van der Waals surface area contributed by atoms with E-state index in [0.29, 0.717) is 12.8 Å². The van der Waals surface area contributed by atoms with E-state index in [1.54, 1.807) is 0 Å². The molecule has 0 fully saturated rings. The molecule has 0 spiro atoms. The van der Waals surface area contributed by atoms with E-state index in [4.69, 9.17) is 9.47 Å². The molecular weight excluding hydrogens is 495 g/mol. The van der Waals surface area contributed by atoms with Gasteiger partial charge in [0.15, 0.2) is 0 Å². The van der Waals surface area contributed by atoms with Gasteiger partial charge in [0.25, 0.3) is 0 Å². The van der Waals surface area contributed by atoms with Crippen molar-refractivity contribution in [3.8, 4) is 0 Å². The molecule has 0 aromatic rings. The Morgan fingerprint density at radius 2 is 0.615 bits per heavy atom. The zero-order valence-corrected chi connectivity index (χ0v) is 26.4. The van der Waals surface area contributed by atoms with Gasteiger partial charge in [-0.25, -0.2) is 0 Å². The molecule has 0 aliphatic heterocycles. The van der Waals surface area contributed by atoms with Crippen molar-refractivity contribution in [3.05, 3.63) is 0 Å². The summed E-state index contributed by atoms with van der Waals surface area (Å²) in [6.07, 6.45) is 31.4. The van der Waals surface area contributed by atoms with E-state index in [9.17, 15) is 9.59 Å². The summed E-state index contributed by atoms with van der Waals surface area (Å²) in [6, 6.07) is 0. The normalized spacial score (nSPS) is 10.5. The first-order chi connectivity index (χ1) is 18.6. The molecule has 0 saturated carbocycles. The van der Waals surface area contributed by atoms with Crippen molar-refractivity contribution in [2.24, 2.45) is 0 Å². The van der Waals surface area contributed by atoms with Gasteiger partial charge in [-0.1, -0.05) is 155 Å². The molecule has 0 aromatic carbocycles. The Hall–Kier alpha value is 0.1000. The standard InChI is InChI=1S/C30H58O3.C4H10O.Na.H/c1-3-5-7-9-11-13-14-15-16-17-18-20-22-24-26-28-30(32)33-29(31)27-25-23-21-19-12-10-8-6-4-2;1-3-5-4-2;;/h3-28H2,1-2H3;3-4H2,1-2H3;;. The molecule has 0 saturated heterocycles. The van der Waals surface area contributed by atoms with Crippen molar-refractivity contribution in [2.75, 3.05) is 13.2 Å². The van der Waals surface area contributed by atoms with Gasteiger partial charge in [0.1, 0.15) is 0 Å². The van der Waals surface area contributed by atoms with E-state index in [2.05, 4.69) is 13.8 Å². The molecular formula is C34H69NaO4. The van der Waals surface area contributed by atoms with Crippen LogP contribution in [0.2, 0.25) is 0 Å². The van der Waals surface area contributed by atoms with Gasteiger partial charge in [0.05, 0.1) is 0 Å². The van der Waals surface area contributed by atoms with Gasteiger partial charge in [0, 0.05) is 26.1 Å². The van der Waals surface area contributed by atoms with Crippen LogP contribution in [0, 0.1) is 0 Å². The molecule has 0 aliphatic carbocycles. The van der Waals surface area contributed by atoms with Crippen LogP contribution in [0.4, 0.5) is 0 Å². The molecule has 0 radical (unpaired) electrons. The molecule has 0 amide bonds. The Labute approximate surface area is 267 Å². The van der Waals surface area contributed by atoms with Gasteiger partial charge in [-0.05, 0) is 26.7 Å². The molecule has 0 N–H and O–H groups in total. The van der Waals surface area contributed by atoms with Crippen molar-refractivity contribution in [1.82, 2.24) is 0 Å². The van der Waals surface area contributed by atoms with E-state index in [1.165, 1.54) is 128 Å². The molecule has 5 heteroatoms. The van der Waals surface area contributed by atoms with Crippen molar-refractivity contribution in [3.63, 3.8) is 0 Å². The van der Waals surface area contributed by atoms with Gasteiger partial charge < -0.3 is 9.47 Å². The predicted molar refractivity (Wildman–Crippen MR) is 172 cm³/mol. The quantitative estimate of drug-likeness (QED) is 0.0410. The van der Waals surface area contributed by atoms with Gasteiger partial charge in [-0.2, -0.15) is 0 Å². The Balaban J connectivity index is -0.00000196. The predicted octanol–water partition coefficient (Wildman–Crippen LogP) is 10.6. The van der Waals surface area contributed by atoms with E-state index in [1.807, 2.05) is 13.8 Å². The Kier molecular flexibility index (Phi) is 44.9. The number of rotatable bonds is 28. The minimum absolute atomic E-state index is 0. The molecule has 0 bridgehead atoms. The monoisotopic (exact) mass is 565 g/mol. The number of esters is 2. The number of ether oxygens (including phenoxy) is 2. The summed E-state index contributed by atoms with van der Waals surface area (Å²) in [6.45, 7) is 10.2. The molecule has 0 unspecified atom stereocenters. The second-order valence-corrected chi connectivity index (χ2v) is 10.9. The fraction of sp³-hybridized carbons (Fsp3) is 0.941. The van der Waals surface area contributed by atoms with E-state index in [0.717, 1.165) is 38.9 Å². The van der Waals surface area contributed by atoms with Crippen LogP contribution < -0.4 is 0 Å². The molecule has 0 aliphatic rings. The van der Waals surface area contributed by atoms with Crippen LogP contribution in [0.3, 0.4) is 0 Å². The summed E-state index contributed by atoms with van der Waals surface area (Å²) in [5.74, 6) is -0.658. The minimum atomic E-state index is -0.330. The molecule has 0 atom stereocenters. The summed E-state index contributed by atoms with van der Waals surface area (Å²) in [5.41, 5.74) is 0. The van der Waals surface area contributed by atoms with Crippen molar-refractivity contribution in [1.29, 1.82) is 0 Å². The molecule has 0 rings (SSSR count). The Bertz CT molecular complexity index is 468. The first-order valence-corrected chi connectivity index (χ1v) is 16.9. The maximum atomic E-state index is 11.8. The Morgan fingerprint density at radius 3 is 0.821 bits per heavy atom. The fourth-order valence-electron chi connectivity index (χ4n) is 4.65. The maximum absolute atomic E-state index is 11.8. The Morgan fingerprint density at radius 1 is 0.385 bits per heavy atom. The van der Waals surface area contributed by atoms with Crippen LogP contribution in [0.1, 0.15) is 195 Å². The first-order valence-electron chi connectivity index (χ1n) is 16.9. The topological polar surface area (TPSA) is 52.6 Å². The molecule has 0 heterocycles. The third kappa shape index (κ3) is 42.7. The summed E-state index contributed by atoms with van der Waals surface area (Å²) in [5, 5.41) is 0. The summed E-state index contributed by atoms with van der Waals surface area (Å²) in [7, 11) is 0. The SMILES string of the molecule is CCCCCCCCCCCCCCCCCC(=O)OC(=O)CCCCCCCCCCC.CCOCC.[NaH]. The third-order valence-corrected chi connectivity index (χ3v) is 7.10. The van der Waals surface area contributed by atoms with E-state index >= 15 is 0 Å². The first kappa shape index (κ1) is 43.6. The van der Waals surface area contributed by atoms with Crippen molar-refractivity contribution < 1.29 is 19.1 Å². The average Bonchev–Trinajstić information content (AvgIpc) is 2.90. The number of carbonyl (C=O) groups excluding carboxylic acids is 2. The van der Waals surface area contributed by atoms with Crippen molar-refractivity contribution in [2.45, 2.75) is 195 Å². The zero-order valence-electron chi connectivity index (χ0n) is 26.4. The average molecular weight is 565 g/mol. The van der Waals surface area contributed by atoms with E-state index < -0.39 is 0 Å². The summed E-state index contributed by atoms with van der Waals surface area (Å²) in [4.78, 5) is 23.6. The second-order valence-electron chi connectivity index (χ2n) is 10.9. The van der Waals surface area contributed by atoms with Crippen LogP contribution in [0.25, 0.3) is 0 Å². The van der Waals surface area contributed by atoms with Gasteiger partial charge in [0.2, 0.25) is 0 Å². The number of carbonyl (C=O) groups is 2. The molecule has 39 heavy (non-hydrogen) atoms. The molecule has 230 valence electrons. The van der Waals surface area contributed by atoms with E-state index in [-0.39, 0.29) is 41.5 Å². The van der Waals surface area contributed by atoms with Crippen LogP contribution in [-0.2, 0) is 19.1 Å².